The number of methoxy groups -OCH3 is 1. The van der Waals surface area contributed by atoms with Crippen molar-refractivity contribution >= 4 is 5.91 Å². The van der Waals surface area contributed by atoms with Gasteiger partial charge in [0.25, 0.3) is 5.91 Å². The van der Waals surface area contributed by atoms with Crippen LogP contribution in [0, 0.1) is 12.3 Å². The molecule has 0 atom stereocenters. The molecule has 5 nitrogen and oxygen atoms in total. The Kier molecular flexibility index (Phi) is 5.59. The largest absolute Gasteiger partial charge is 0.481 e. The van der Waals surface area contributed by atoms with Gasteiger partial charge < -0.3 is 14.4 Å². The molecule has 1 aromatic carbocycles. The standard InChI is InChI=1S/C18H18N2O3/c1-4-12-23-16-10-6-5-8-14(16)13-20(2)18(21)15-9-7-11-17(19-15)22-3/h1,5-11H,12-13H2,2-3H3. The summed E-state index contributed by atoms with van der Waals surface area (Å²) in [5.41, 5.74) is 1.20. The van der Waals surface area contributed by atoms with Crippen LogP contribution < -0.4 is 9.47 Å². The van der Waals surface area contributed by atoms with Crippen molar-refractivity contribution in [3.8, 4) is 24.0 Å². The third kappa shape index (κ3) is 4.24. The third-order valence-electron chi connectivity index (χ3n) is 3.19. The number of rotatable bonds is 6. The molecule has 0 unspecified atom stereocenters. The molecule has 0 bridgehead atoms. The molecule has 0 spiro atoms. The molecule has 0 radical (unpaired) electrons. The van der Waals surface area contributed by atoms with Crippen LogP contribution in [-0.4, -0.2) is 36.6 Å². The van der Waals surface area contributed by atoms with E-state index in [0.717, 1.165) is 5.56 Å². The van der Waals surface area contributed by atoms with Crippen molar-refractivity contribution in [1.29, 1.82) is 0 Å². The highest BCUT2D eigenvalue weighted by atomic mass is 16.5. The van der Waals surface area contributed by atoms with Crippen LogP contribution in [0.1, 0.15) is 16.1 Å². The number of pyridine rings is 1. The fourth-order valence-electron chi connectivity index (χ4n) is 2.07. The van der Waals surface area contributed by atoms with E-state index in [-0.39, 0.29) is 12.5 Å². The second-order valence-electron chi connectivity index (χ2n) is 4.83. The first-order valence-corrected chi connectivity index (χ1v) is 7.06. The van der Waals surface area contributed by atoms with Crippen LogP contribution in [0.5, 0.6) is 11.6 Å². The zero-order valence-corrected chi connectivity index (χ0v) is 13.2. The van der Waals surface area contributed by atoms with Gasteiger partial charge in [0.2, 0.25) is 5.88 Å². The second kappa shape index (κ2) is 7.85. The molecule has 1 heterocycles. The molecular formula is C18H18N2O3. The van der Waals surface area contributed by atoms with E-state index in [4.69, 9.17) is 15.9 Å². The van der Waals surface area contributed by atoms with Crippen LogP contribution in [-0.2, 0) is 6.54 Å². The Balaban J connectivity index is 2.13. The number of nitrogens with zero attached hydrogens (tertiary/aromatic N) is 2. The van der Waals surface area contributed by atoms with Crippen molar-refractivity contribution in [2.75, 3.05) is 20.8 Å². The van der Waals surface area contributed by atoms with Gasteiger partial charge in [0.1, 0.15) is 18.1 Å². The molecule has 0 aliphatic heterocycles. The van der Waals surface area contributed by atoms with E-state index in [1.165, 1.54) is 7.11 Å². The number of aromatic nitrogens is 1. The number of carbonyl (C=O) groups is 1. The van der Waals surface area contributed by atoms with Gasteiger partial charge in [-0.25, -0.2) is 4.98 Å². The van der Waals surface area contributed by atoms with Gasteiger partial charge in [-0.2, -0.15) is 0 Å². The maximum atomic E-state index is 12.5. The molecule has 1 amide bonds. The summed E-state index contributed by atoms with van der Waals surface area (Å²) in [5.74, 6) is 3.31. The molecule has 5 heteroatoms. The lowest BCUT2D eigenvalue weighted by molar-refractivity contribution is 0.0777. The van der Waals surface area contributed by atoms with Crippen molar-refractivity contribution < 1.29 is 14.3 Å². The Morgan fingerprint density at radius 3 is 2.78 bits per heavy atom. The van der Waals surface area contributed by atoms with Crippen molar-refractivity contribution in [3.63, 3.8) is 0 Å². The average Bonchev–Trinajstić information content (AvgIpc) is 2.60. The topological polar surface area (TPSA) is 51.7 Å². The molecule has 2 rings (SSSR count). The van der Waals surface area contributed by atoms with E-state index in [2.05, 4.69) is 10.9 Å². The van der Waals surface area contributed by atoms with Gasteiger partial charge in [0, 0.05) is 25.2 Å². The van der Waals surface area contributed by atoms with Gasteiger partial charge in [-0.15, -0.1) is 6.42 Å². The van der Waals surface area contributed by atoms with E-state index in [9.17, 15) is 4.79 Å². The highest BCUT2D eigenvalue weighted by Crippen LogP contribution is 2.20. The van der Waals surface area contributed by atoms with E-state index >= 15 is 0 Å². The fraction of sp³-hybridized carbons (Fsp3) is 0.222. The van der Waals surface area contributed by atoms with Crippen molar-refractivity contribution in [2.45, 2.75) is 6.54 Å². The number of hydrogen-bond acceptors (Lipinski definition) is 4. The predicted molar refractivity (Wildman–Crippen MR) is 87.4 cm³/mol. The van der Waals surface area contributed by atoms with E-state index in [1.54, 1.807) is 30.1 Å². The van der Waals surface area contributed by atoms with Crippen LogP contribution in [0.25, 0.3) is 0 Å². The Morgan fingerprint density at radius 2 is 2.04 bits per heavy atom. The molecular weight excluding hydrogens is 292 g/mol. The van der Waals surface area contributed by atoms with E-state index in [0.29, 0.717) is 23.9 Å². The van der Waals surface area contributed by atoms with Gasteiger partial charge >= 0.3 is 0 Å². The summed E-state index contributed by atoms with van der Waals surface area (Å²) < 4.78 is 10.5. The summed E-state index contributed by atoms with van der Waals surface area (Å²) >= 11 is 0. The van der Waals surface area contributed by atoms with E-state index < -0.39 is 0 Å². The molecule has 0 N–H and O–H groups in total. The minimum atomic E-state index is -0.198. The van der Waals surface area contributed by atoms with Crippen molar-refractivity contribution in [1.82, 2.24) is 9.88 Å². The zero-order valence-electron chi connectivity index (χ0n) is 13.2. The summed E-state index contributed by atoms with van der Waals surface area (Å²) in [6.07, 6.45) is 5.22. The molecule has 0 aliphatic carbocycles. The monoisotopic (exact) mass is 310 g/mol. The first-order valence-electron chi connectivity index (χ1n) is 7.06. The summed E-state index contributed by atoms with van der Waals surface area (Å²) in [5, 5.41) is 0. The lowest BCUT2D eigenvalue weighted by atomic mass is 10.2. The fourth-order valence-corrected chi connectivity index (χ4v) is 2.07. The highest BCUT2D eigenvalue weighted by molar-refractivity contribution is 5.92. The number of carbonyl (C=O) groups excluding carboxylic acids is 1. The first kappa shape index (κ1) is 16.4. The van der Waals surface area contributed by atoms with Gasteiger partial charge in [0.05, 0.1) is 7.11 Å². The summed E-state index contributed by atoms with van der Waals surface area (Å²) in [6.45, 7) is 0.574. The van der Waals surface area contributed by atoms with Gasteiger partial charge in [0.15, 0.2) is 0 Å². The molecule has 23 heavy (non-hydrogen) atoms. The van der Waals surface area contributed by atoms with Gasteiger partial charge in [-0.3, -0.25) is 4.79 Å². The Hall–Kier alpha value is -3.00. The molecule has 0 aliphatic rings. The van der Waals surface area contributed by atoms with Gasteiger partial charge in [-0.05, 0) is 12.1 Å². The number of amides is 1. The lowest BCUT2D eigenvalue weighted by Gasteiger charge is -2.19. The molecule has 1 aromatic heterocycles. The number of hydrogen-bond donors (Lipinski definition) is 0. The number of terminal acetylenes is 1. The molecule has 0 saturated carbocycles. The number of para-hydroxylation sites is 1. The van der Waals surface area contributed by atoms with Crippen LogP contribution >= 0.6 is 0 Å². The van der Waals surface area contributed by atoms with Gasteiger partial charge in [-0.1, -0.05) is 30.2 Å². The van der Waals surface area contributed by atoms with Crippen LogP contribution in [0.4, 0.5) is 0 Å². The number of benzene rings is 1. The number of ether oxygens (including phenoxy) is 2. The van der Waals surface area contributed by atoms with E-state index in [1.807, 2.05) is 24.3 Å². The smallest absolute Gasteiger partial charge is 0.272 e. The average molecular weight is 310 g/mol. The van der Waals surface area contributed by atoms with Crippen LogP contribution in [0.3, 0.4) is 0 Å². The molecule has 2 aromatic rings. The molecule has 118 valence electrons. The maximum absolute atomic E-state index is 12.5. The van der Waals surface area contributed by atoms with Crippen molar-refractivity contribution in [2.24, 2.45) is 0 Å². The van der Waals surface area contributed by atoms with Crippen molar-refractivity contribution in [3.05, 3.63) is 53.7 Å². The Labute approximate surface area is 135 Å². The summed E-state index contributed by atoms with van der Waals surface area (Å²) in [4.78, 5) is 18.2. The summed E-state index contributed by atoms with van der Waals surface area (Å²) in [7, 11) is 3.22. The minimum Gasteiger partial charge on any atom is -0.481 e. The quantitative estimate of drug-likeness (QED) is 0.769. The van der Waals surface area contributed by atoms with Crippen LogP contribution in [0.15, 0.2) is 42.5 Å². The molecule has 0 fully saturated rings. The predicted octanol–water partition coefficient (Wildman–Crippen LogP) is 2.37. The Bertz CT molecular complexity index is 722. The SMILES string of the molecule is C#CCOc1ccccc1CN(C)C(=O)c1cccc(OC)n1. The zero-order chi connectivity index (χ0) is 16.7. The first-order chi connectivity index (χ1) is 11.2. The molecule has 0 saturated heterocycles. The highest BCUT2D eigenvalue weighted by Gasteiger charge is 2.16. The second-order valence-corrected chi connectivity index (χ2v) is 4.83. The van der Waals surface area contributed by atoms with Crippen LogP contribution in [0.2, 0.25) is 0 Å². The summed E-state index contributed by atoms with van der Waals surface area (Å²) in [6, 6.07) is 12.6. The normalized spacial score (nSPS) is 9.78. The third-order valence-corrected chi connectivity index (χ3v) is 3.19. The minimum absolute atomic E-state index is 0.187. The lowest BCUT2D eigenvalue weighted by Crippen LogP contribution is -2.27. The maximum Gasteiger partial charge on any atom is 0.272 e. The Morgan fingerprint density at radius 1 is 1.26 bits per heavy atom.